The Bertz CT molecular complexity index is 438. The van der Waals surface area contributed by atoms with Crippen LogP contribution in [0.3, 0.4) is 0 Å². The lowest BCUT2D eigenvalue weighted by molar-refractivity contribution is 0.587. The second-order valence-corrected chi connectivity index (χ2v) is 4.96. The van der Waals surface area contributed by atoms with Gasteiger partial charge in [-0.25, -0.2) is 13.6 Å². The fourth-order valence-electron chi connectivity index (χ4n) is 1.20. The summed E-state index contributed by atoms with van der Waals surface area (Å²) in [6, 6.07) is 0. The van der Waals surface area contributed by atoms with Crippen LogP contribution in [0.25, 0.3) is 0 Å². The van der Waals surface area contributed by atoms with E-state index in [1.807, 2.05) is 6.92 Å². The van der Waals surface area contributed by atoms with Crippen LogP contribution in [0.15, 0.2) is 0 Å². The van der Waals surface area contributed by atoms with E-state index in [9.17, 15) is 8.42 Å². The summed E-state index contributed by atoms with van der Waals surface area (Å²) in [5.41, 5.74) is 1.07. The minimum absolute atomic E-state index is 0.277. The van der Waals surface area contributed by atoms with Crippen LogP contribution in [-0.2, 0) is 22.3 Å². The highest BCUT2D eigenvalue weighted by Crippen LogP contribution is 2.21. The molecular formula is C7H12ClN3O2S. The quantitative estimate of drug-likeness (QED) is 0.839. The summed E-state index contributed by atoms with van der Waals surface area (Å²) in [5, 5.41) is 9.40. The number of aryl methyl sites for hydroxylation is 2. The zero-order chi connectivity index (χ0) is 10.9. The van der Waals surface area contributed by atoms with E-state index in [0.29, 0.717) is 23.0 Å². The van der Waals surface area contributed by atoms with E-state index < -0.39 is 10.0 Å². The Morgan fingerprint density at radius 1 is 1.57 bits per heavy atom. The molecule has 2 N–H and O–H groups in total. The van der Waals surface area contributed by atoms with Gasteiger partial charge in [-0.2, -0.15) is 5.10 Å². The number of hydrogen-bond donors (Lipinski definition) is 1. The largest absolute Gasteiger partial charge is 0.267 e. The van der Waals surface area contributed by atoms with Crippen molar-refractivity contribution in [1.82, 2.24) is 9.78 Å². The molecule has 0 saturated heterocycles. The molecule has 0 unspecified atom stereocenters. The van der Waals surface area contributed by atoms with Gasteiger partial charge < -0.3 is 0 Å². The monoisotopic (exact) mass is 237 g/mol. The Kier molecular flexibility index (Phi) is 3.18. The number of primary sulfonamides is 1. The number of halogens is 1. The summed E-state index contributed by atoms with van der Waals surface area (Å²) in [5.74, 6) is -0.277. The number of rotatable bonds is 3. The Morgan fingerprint density at radius 2 is 2.14 bits per heavy atom. The summed E-state index contributed by atoms with van der Waals surface area (Å²) < 4.78 is 23.4. The average molecular weight is 238 g/mol. The van der Waals surface area contributed by atoms with Crippen LogP contribution in [0.4, 0.5) is 0 Å². The molecule has 7 heteroatoms. The maximum atomic E-state index is 10.9. The van der Waals surface area contributed by atoms with E-state index in [0.717, 1.165) is 0 Å². The molecule has 1 aromatic heterocycles. The second-order valence-electron chi connectivity index (χ2n) is 2.97. The molecule has 0 aliphatic rings. The van der Waals surface area contributed by atoms with Crippen LogP contribution < -0.4 is 5.14 Å². The molecule has 80 valence electrons. The number of sulfonamides is 1. The molecule has 0 atom stereocenters. The molecule has 0 radical (unpaired) electrons. The molecule has 0 aliphatic heterocycles. The van der Waals surface area contributed by atoms with E-state index in [1.165, 1.54) is 0 Å². The van der Waals surface area contributed by atoms with Crippen LogP contribution in [0.5, 0.6) is 0 Å². The number of hydrogen-bond acceptors (Lipinski definition) is 3. The smallest absolute Gasteiger partial charge is 0.214 e. The zero-order valence-electron chi connectivity index (χ0n) is 7.99. The highest BCUT2D eigenvalue weighted by molar-refractivity contribution is 7.88. The van der Waals surface area contributed by atoms with Crippen LogP contribution in [0.2, 0.25) is 5.02 Å². The van der Waals surface area contributed by atoms with Crippen molar-refractivity contribution in [2.24, 2.45) is 5.14 Å². The van der Waals surface area contributed by atoms with Gasteiger partial charge in [-0.15, -0.1) is 0 Å². The van der Waals surface area contributed by atoms with E-state index in [2.05, 4.69) is 5.10 Å². The topological polar surface area (TPSA) is 78.0 Å². The van der Waals surface area contributed by atoms with Gasteiger partial charge in [0.2, 0.25) is 10.0 Å². The third-order valence-electron chi connectivity index (χ3n) is 1.79. The molecule has 1 rings (SSSR count). The lowest BCUT2D eigenvalue weighted by Crippen LogP contribution is -2.17. The van der Waals surface area contributed by atoms with Gasteiger partial charge >= 0.3 is 0 Å². The van der Waals surface area contributed by atoms with Gasteiger partial charge in [0.1, 0.15) is 5.75 Å². The molecular weight excluding hydrogens is 226 g/mol. The first-order chi connectivity index (χ1) is 6.35. The Balaban J connectivity index is 3.18. The van der Waals surface area contributed by atoms with Gasteiger partial charge in [-0.1, -0.05) is 11.6 Å². The molecule has 5 nitrogen and oxygen atoms in total. The van der Waals surface area contributed by atoms with Crippen molar-refractivity contribution in [3.05, 3.63) is 16.4 Å². The van der Waals surface area contributed by atoms with Crippen molar-refractivity contribution in [1.29, 1.82) is 0 Å². The molecule has 0 aromatic carbocycles. The number of nitrogens with zero attached hydrogens (tertiary/aromatic N) is 2. The Labute approximate surface area is 87.9 Å². The van der Waals surface area contributed by atoms with Crippen molar-refractivity contribution in [3.63, 3.8) is 0 Å². The molecule has 0 bridgehead atoms. The normalized spacial score (nSPS) is 12.0. The average Bonchev–Trinajstić information content (AvgIpc) is 2.30. The molecule has 1 aromatic rings. The van der Waals surface area contributed by atoms with Gasteiger partial charge in [0, 0.05) is 6.54 Å². The highest BCUT2D eigenvalue weighted by Gasteiger charge is 2.16. The summed E-state index contributed by atoms with van der Waals surface area (Å²) in [6.45, 7) is 4.15. The number of nitrogens with two attached hydrogens (primary N) is 1. The molecule has 0 aliphatic carbocycles. The van der Waals surface area contributed by atoms with Crippen molar-refractivity contribution >= 4 is 21.6 Å². The zero-order valence-corrected chi connectivity index (χ0v) is 9.56. The van der Waals surface area contributed by atoms with Gasteiger partial charge in [0.05, 0.1) is 16.4 Å². The third kappa shape index (κ3) is 2.46. The minimum atomic E-state index is -3.56. The van der Waals surface area contributed by atoms with E-state index in [1.54, 1.807) is 11.6 Å². The Hall–Kier alpha value is -0.590. The van der Waals surface area contributed by atoms with Crippen molar-refractivity contribution in [2.45, 2.75) is 26.1 Å². The molecule has 0 amide bonds. The molecule has 0 spiro atoms. The van der Waals surface area contributed by atoms with E-state index in [4.69, 9.17) is 16.7 Å². The predicted octanol–water partition coefficient (Wildman–Crippen LogP) is 0.653. The first-order valence-electron chi connectivity index (χ1n) is 4.07. The Morgan fingerprint density at radius 3 is 2.57 bits per heavy atom. The molecule has 14 heavy (non-hydrogen) atoms. The summed E-state index contributed by atoms with van der Waals surface area (Å²) in [4.78, 5) is 0. The maximum absolute atomic E-state index is 10.9. The first kappa shape index (κ1) is 11.5. The number of aromatic nitrogens is 2. The SMILES string of the molecule is CCn1nc(C)c(Cl)c1CS(N)(=O)=O. The van der Waals surface area contributed by atoms with Gasteiger partial charge in [-0.3, -0.25) is 4.68 Å². The van der Waals surface area contributed by atoms with Crippen molar-refractivity contribution < 1.29 is 8.42 Å². The van der Waals surface area contributed by atoms with Crippen molar-refractivity contribution in [3.8, 4) is 0 Å². The van der Waals surface area contributed by atoms with E-state index in [-0.39, 0.29) is 5.75 Å². The van der Waals surface area contributed by atoms with Crippen LogP contribution in [-0.4, -0.2) is 18.2 Å². The summed E-state index contributed by atoms with van der Waals surface area (Å²) >= 11 is 5.90. The third-order valence-corrected chi connectivity index (χ3v) is 2.96. The fourth-order valence-corrected chi connectivity index (χ4v) is 2.15. The second kappa shape index (κ2) is 3.88. The lowest BCUT2D eigenvalue weighted by atomic mass is 10.4. The standard InChI is InChI=1S/C7H12ClN3O2S/c1-3-11-6(4-14(9,12)13)7(8)5(2)10-11/h3-4H2,1-2H3,(H2,9,12,13). The van der Waals surface area contributed by atoms with Crippen LogP contribution >= 0.6 is 11.6 Å². The molecule has 0 saturated carbocycles. The molecule has 1 heterocycles. The van der Waals surface area contributed by atoms with Gasteiger partial charge in [0.15, 0.2) is 0 Å². The van der Waals surface area contributed by atoms with Crippen LogP contribution in [0.1, 0.15) is 18.3 Å². The summed E-state index contributed by atoms with van der Waals surface area (Å²) in [7, 11) is -3.56. The fraction of sp³-hybridized carbons (Fsp3) is 0.571. The highest BCUT2D eigenvalue weighted by atomic mass is 35.5. The lowest BCUT2D eigenvalue weighted by Gasteiger charge is -2.02. The van der Waals surface area contributed by atoms with E-state index >= 15 is 0 Å². The first-order valence-corrected chi connectivity index (χ1v) is 6.16. The van der Waals surface area contributed by atoms with Gasteiger partial charge in [0.25, 0.3) is 0 Å². The van der Waals surface area contributed by atoms with Gasteiger partial charge in [-0.05, 0) is 13.8 Å². The van der Waals surface area contributed by atoms with Crippen molar-refractivity contribution in [2.75, 3.05) is 0 Å². The predicted molar refractivity (Wildman–Crippen MR) is 54.5 cm³/mol. The molecule has 0 fully saturated rings. The van der Waals surface area contributed by atoms with Crippen LogP contribution in [0, 0.1) is 6.92 Å². The summed E-state index contributed by atoms with van der Waals surface area (Å²) in [6.07, 6.45) is 0. The minimum Gasteiger partial charge on any atom is -0.267 e. The maximum Gasteiger partial charge on any atom is 0.214 e.